The molecule has 0 radical (unpaired) electrons. The van der Waals surface area contributed by atoms with Crippen molar-refractivity contribution >= 4 is 40.4 Å². The van der Waals surface area contributed by atoms with Crippen molar-refractivity contribution in [2.75, 3.05) is 12.0 Å². The van der Waals surface area contributed by atoms with E-state index >= 15 is 0 Å². The minimum atomic E-state index is -1.20. The van der Waals surface area contributed by atoms with Gasteiger partial charge in [0.1, 0.15) is 23.9 Å². The molecule has 0 unspecified atom stereocenters. The van der Waals surface area contributed by atoms with E-state index in [9.17, 15) is 24.3 Å². The predicted molar refractivity (Wildman–Crippen MR) is 146 cm³/mol. The lowest BCUT2D eigenvalue weighted by Crippen LogP contribution is -2.44. The van der Waals surface area contributed by atoms with Crippen molar-refractivity contribution in [1.82, 2.24) is 15.2 Å². The minimum absolute atomic E-state index is 0.0269. The van der Waals surface area contributed by atoms with Gasteiger partial charge in [0.05, 0.1) is 18.4 Å². The normalized spacial score (nSPS) is 18.9. The summed E-state index contributed by atoms with van der Waals surface area (Å²) in [7, 11) is 1.57. The number of benzene rings is 3. The van der Waals surface area contributed by atoms with Gasteiger partial charge in [-0.1, -0.05) is 42.5 Å². The molecule has 4 amide bonds. The summed E-state index contributed by atoms with van der Waals surface area (Å²) in [4.78, 5) is 58.7. The standard InChI is InChI=1S/C30H26N4O6/c1-16(29(37)38)31-27(35)20-11-4-6-13-23(20)34-28(36)24-15-21-19-10-3-5-12-22(19)32-25(21)26(33(24)30(34)39)17-8-7-9-18(14-17)40-2/h3-14,16,24,26,32H,15H2,1-2H3,(H,31,35)(H,37,38)/t16-,24-,26-/m0/s1. The highest BCUT2D eigenvalue weighted by atomic mass is 16.5. The van der Waals surface area contributed by atoms with Gasteiger partial charge < -0.3 is 20.1 Å². The second-order valence-corrected chi connectivity index (χ2v) is 9.88. The van der Waals surface area contributed by atoms with Crippen LogP contribution in [0.1, 0.15) is 40.1 Å². The van der Waals surface area contributed by atoms with Crippen LogP contribution in [0.4, 0.5) is 10.5 Å². The third kappa shape index (κ3) is 3.87. The largest absolute Gasteiger partial charge is 0.497 e. The SMILES string of the molecule is COc1cccc([C@H]2c3[nH]c4ccccc4c3C[C@H]3C(=O)N(c4ccccc4C(=O)N[C@@H](C)C(=O)O)C(=O)N23)c1. The molecule has 6 rings (SSSR count). The van der Waals surface area contributed by atoms with Crippen molar-refractivity contribution in [3.8, 4) is 5.75 Å². The number of amides is 4. The Hall–Kier alpha value is -5.12. The lowest BCUT2D eigenvalue weighted by atomic mass is 9.89. The fourth-order valence-electron chi connectivity index (χ4n) is 5.65. The second kappa shape index (κ2) is 9.57. The van der Waals surface area contributed by atoms with E-state index in [1.165, 1.54) is 19.1 Å². The van der Waals surface area contributed by atoms with Gasteiger partial charge in [-0.15, -0.1) is 0 Å². The van der Waals surface area contributed by atoms with Crippen molar-refractivity contribution in [1.29, 1.82) is 0 Å². The summed E-state index contributed by atoms with van der Waals surface area (Å²) in [5.74, 6) is -1.75. The number of aromatic amines is 1. The molecule has 1 aromatic heterocycles. The first kappa shape index (κ1) is 25.2. The first-order chi connectivity index (χ1) is 19.3. The smallest absolute Gasteiger partial charge is 0.332 e. The van der Waals surface area contributed by atoms with Crippen LogP contribution in [0.3, 0.4) is 0 Å². The van der Waals surface area contributed by atoms with E-state index in [1.807, 2.05) is 48.5 Å². The fourth-order valence-corrected chi connectivity index (χ4v) is 5.65. The molecule has 10 nitrogen and oxygen atoms in total. The summed E-state index contributed by atoms with van der Waals surface area (Å²) in [6.45, 7) is 1.34. The summed E-state index contributed by atoms with van der Waals surface area (Å²) >= 11 is 0. The van der Waals surface area contributed by atoms with Gasteiger partial charge in [0.15, 0.2) is 0 Å². The number of fused-ring (bicyclic) bond motifs is 4. The highest BCUT2D eigenvalue weighted by Gasteiger charge is 2.53. The minimum Gasteiger partial charge on any atom is -0.497 e. The monoisotopic (exact) mass is 538 g/mol. The van der Waals surface area contributed by atoms with Crippen molar-refractivity contribution in [2.24, 2.45) is 0 Å². The molecule has 0 spiro atoms. The number of para-hydroxylation sites is 2. The zero-order valence-electron chi connectivity index (χ0n) is 21.8. The number of ether oxygens (including phenoxy) is 1. The van der Waals surface area contributed by atoms with Gasteiger partial charge in [0, 0.05) is 23.0 Å². The first-order valence-electron chi connectivity index (χ1n) is 12.8. The van der Waals surface area contributed by atoms with E-state index in [4.69, 9.17) is 4.74 Å². The molecule has 3 aromatic carbocycles. The van der Waals surface area contributed by atoms with Gasteiger partial charge in [0.25, 0.3) is 11.8 Å². The second-order valence-electron chi connectivity index (χ2n) is 9.88. The van der Waals surface area contributed by atoms with Crippen LogP contribution in [0.2, 0.25) is 0 Å². The van der Waals surface area contributed by atoms with E-state index in [1.54, 1.807) is 24.1 Å². The Kier molecular flexibility index (Phi) is 6.02. The Morgan fingerprint density at radius 1 is 1.05 bits per heavy atom. The van der Waals surface area contributed by atoms with Crippen LogP contribution in [0.5, 0.6) is 5.75 Å². The molecule has 3 heterocycles. The predicted octanol–water partition coefficient (Wildman–Crippen LogP) is 3.86. The van der Waals surface area contributed by atoms with Crippen LogP contribution >= 0.6 is 0 Å². The molecule has 3 N–H and O–H groups in total. The summed E-state index contributed by atoms with van der Waals surface area (Å²) < 4.78 is 5.46. The molecule has 40 heavy (non-hydrogen) atoms. The zero-order valence-corrected chi connectivity index (χ0v) is 21.8. The molecule has 0 aliphatic carbocycles. The number of aliphatic carboxylic acids is 1. The number of aromatic nitrogens is 1. The Bertz CT molecular complexity index is 1690. The maximum absolute atomic E-state index is 14.2. The number of methoxy groups -OCH3 is 1. The molecule has 2 aliphatic heterocycles. The Morgan fingerprint density at radius 3 is 2.58 bits per heavy atom. The number of carbonyl (C=O) groups excluding carboxylic acids is 3. The maximum Gasteiger partial charge on any atom is 0.332 e. The van der Waals surface area contributed by atoms with Crippen LogP contribution < -0.4 is 15.0 Å². The van der Waals surface area contributed by atoms with Crippen LogP contribution in [-0.4, -0.2) is 58.0 Å². The Balaban J connectivity index is 1.47. The molecule has 1 saturated heterocycles. The fraction of sp³-hybridized carbons (Fsp3) is 0.200. The number of imide groups is 1. The van der Waals surface area contributed by atoms with Gasteiger partial charge in [-0.25, -0.2) is 9.69 Å². The Morgan fingerprint density at radius 2 is 1.80 bits per heavy atom. The van der Waals surface area contributed by atoms with E-state index < -0.39 is 41.9 Å². The van der Waals surface area contributed by atoms with Crippen molar-refractivity contribution < 1.29 is 29.0 Å². The number of anilines is 1. The molecular formula is C30H26N4O6. The van der Waals surface area contributed by atoms with Crippen LogP contribution in [-0.2, 0) is 16.0 Å². The number of H-pyrrole nitrogens is 1. The maximum atomic E-state index is 14.2. The molecule has 0 saturated carbocycles. The summed E-state index contributed by atoms with van der Waals surface area (Å²) in [5, 5.41) is 12.6. The van der Waals surface area contributed by atoms with Crippen LogP contribution in [0.15, 0.2) is 72.8 Å². The average molecular weight is 539 g/mol. The van der Waals surface area contributed by atoms with Gasteiger partial charge in [-0.05, 0) is 48.4 Å². The zero-order chi connectivity index (χ0) is 28.1. The molecule has 0 bridgehead atoms. The van der Waals surface area contributed by atoms with Crippen LogP contribution in [0, 0.1) is 0 Å². The van der Waals surface area contributed by atoms with Gasteiger partial charge in [-0.2, -0.15) is 0 Å². The van der Waals surface area contributed by atoms with Crippen molar-refractivity contribution in [2.45, 2.75) is 31.5 Å². The van der Waals surface area contributed by atoms with Gasteiger partial charge >= 0.3 is 12.0 Å². The van der Waals surface area contributed by atoms with E-state index in [2.05, 4.69) is 10.3 Å². The molecule has 3 atom stereocenters. The number of carboxylic acid groups (broad SMARTS) is 1. The van der Waals surface area contributed by atoms with Crippen molar-refractivity contribution in [3.05, 3.63) is 95.2 Å². The highest BCUT2D eigenvalue weighted by molar-refractivity contribution is 6.24. The number of rotatable bonds is 6. The van der Waals surface area contributed by atoms with Gasteiger partial charge in [0.2, 0.25) is 0 Å². The summed E-state index contributed by atoms with van der Waals surface area (Å²) in [6.07, 6.45) is 0.297. The molecular weight excluding hydrogens is 512 g/mol. The van der Waals surface area contributed by atoms with Crippen LogP contribution in [0.25, 0.3) is 10.9 Å². The number of carbonyl (C=O) groups is 4. The van der Waals surface area contributed by atoms with Gasteiger partial charge in [-0.3, -0.25) is 19.3 Å². The van der Waals surface area contributed by atoms with E-state index in [-0.39, 0.29) is 11.3 Å². The highest BCUT2D eigenvalue weighted by Crippen LogP contribution is 2.45. The molecule has 202 valence electrons. The number of hydrogen-bond acceptors (Lipinski definition) is 5. The average Bonchev–Trinajstić information content (AvgIpc) is 3.45. The summed E-state index contributed by atoms with van der Waals surface area (Å²) in [5.41, 5.74) is 3.57. The Labute approximate surface area is 229 Å². The lowest BCUT2D eigenvalue weighted by molar-refractivity contribution is -0.138. The summed E-state index contributed by atoms with van der Waals surface area (Å²) in [6, 6.07) is 18.2. The third-order valence-corrected chi connectivity index (χ3v) is 7.57. The number of nitrogens with one attached hydrogen (secondary N) is 2. The number of nitrogens with zero attached hydrogens (tertiary/aromatic N) is 2. The molecule has 1 fully saturated rings. The first-order valence-corrected chi connectivity index (χ1v) is 12.8. The molecule has 2 aliphatic rings. The third-order valence-electron chi connectivity index (χ3n) is 7.57. The quantitative estimate of drug-likeness (QED) is 0.320. The topological polar surface area (TPSA) is 132 Å². The van der Waals surface area contributed by atoms with E-state index in [0.29, 0.717) is 12.2 Å². The van der Waals surface area contributed by atoms with E-state index in [0.717, 1.165) is 32.6 Å². The lowest BCUT2D eigenvalue weighted by Gasteiger charge is -2.36. The van der Waals surface area contributed by atoms with Crippen molar-refractivity contribution in [3.63, 3.8) is 0 Å². The number of carboxylic acids is 1. The molecule has 4 aromatic rings. The molecule has 10 heteroatoms. The number of urea groups is 1. The number of hydrogen-bond donors (Lipinski definition) is 3.